The number of amides is 1. The van der Waals surface area contributed by atoms with E-state index >= 15 is 0 Å². The highest BCUT2D eigenvalue weighted by Gasteiger charge is 2.20. The van der Waals surface area contributed by atoms with Crippen molar-refractivity contribution < 1.29 is 9.90 Å². The number of aromatic nitrogens is 3. The third kappa shape index (κ3) is 9.13. The highest BCUT2D eigenvalue weighted by Crippen LogP contribution is 2.29. The standard InChI is InChI=1S/C35H41N7O2S2/c1-4-46(30-11-6-5-7-12-30)41-28-10-8-9-27(19-28)32(43)21-39-35(2,3)17-18-42-22-31(38-24-42)25-13-15-26(16-14-25)33(44)37-20-29-23-45-34(36)40-29/h4-16,19,22-24,32,39,41,43H,17-18,20-21H2,1-3H3,(H2,36,40)(H,37,44)/t32-,46?/m0/s1. The zero-order valence-corrected chi connectivity index (χ0v) is 27.9. The quantitative estimate of drug-likeness (QED) is 0.0865. The number of nitrogen functional groups attached to an aromatic ring is 1. The first-order valence-electron chi connectivity index (χ1n) is 15.2. The number of hydrogen-bond acceptors (Lipinski definition) is 8. The molecule has 11 heteroatoms. The molecule has 0 aliphatic heterocycles. The highest BCUT2D eigenvalue weighted by atomic mass is 32.2. The Morgan fingerprint density at radius 3 is 2.61 bits per heavy atom. The Morgan fingerprint density at radius 2 is 1.89 bits per heavy atom. The Labute approximate surface area is 277 Å². The van der Waals surface area contributed by atoms with E-state index in [1.54, 1.807) is 12.1 Å². The van der Waals surface area contributed by atoms with E-state index in [2.05, 4.69) is 68.2 Å². The van der Waals surface area contributed by atoms with Crippen LogP contribution in [0.5, 0.6) is 0 Å². The number of anilines is 2. The van der Waals surface area contributed by atoms with Crippen LogP contribution in [0.4, 0.5) is 10.8 Å². The van der Waals surface area contributed by atoms with Crippen molar-refractivity contribution in [2.45, 2.75) is 56.8 Å². The molecule has 0 fully saturated rings. The highest BCUT2D eigenvalue weighted by molar-refractivity contribution is 8.16. The van der Waals surface area contributed by atoms with Crippen LogP contribution in [0.3, 0.4) is 0 Å². The number of nitrogens with two attached hydrogens (primary N) is 1. The van der Waals surface area contributed by atoms with Crippen LogP contribution in [-0.2, 0) is 13.1 Å². The largest absolute Gasteiger partial charge is 0.387 e. The van der Waals surface area contributed by atoms with E-state index in [0.29, 0.717) is 23.8 Å². The van der Waals surface area contributed by atoms with Gasteiger partial charge in [0.15, 0.2) is 5.13 Å². The fourth-order valence-corrected chi connectivity index (χ4v) is 6.75. The van der Waals surface area contributed by atoms with Crippen molar-refractivity contribution in [1.82, 2.24) is 25.2 Å². The maximum atomic E-state index is 12.5. The number of carbonyl (C=O) groups is 1. The van der Waals surface area contributed by atoms with Gasteiger partial charge in [-0.3, -0.25) is 4.79 Å². The summed E-state index contributed by atoms with van der Waals surface area (Å²) in [5.74, 6) is -0.167. The molecule has 3 aromatic carbocycles. The number of thiazole rings is 1. The molecule has 5 aromatic rings. The zero-order chi connectivity index (χ0) is 32.5. The second-order valence-corrected chi connectivity index (χ2v) is 14.3. The van der Waals surface area contributed by atoms with Crippen molar-refractivity contribution in [1.29, 1.82) is 0 Å². The molecule has 2 aromatic heterocycles. The molecular weight excluding hydrogens is 615 g/mol. The van der Waals surface area contributed by atoms with Gasteiger partial charge in [-0.15, -0.1) is 11.3 Å². The van der Waals surface area contributed by atoms with Crippen molar-refractivity contribution in [3.05, 3.63) is 114 Å². The van der Waals surface area contributed by atoms with Gasteiger partial charge in [0.05, 0.1) is 30.4 Å². The summed E-state index contributed by atoms with van der Waals surface area (Å²) in [4.78, 5) is 22.5. The summed E-state index contributed by atoms with van der Waals surface area (Å²) in [5, 5.41) is 21.9. The number of β-amino-alcohol motifs (C(OH)–C–C–N with tert-alkyl or cyclic N) is 1. The molecular formula is C35H41N7O2S2. The number of nitrogens with zero attached hydrogens (tertiary/aromatic N) is 3. The molecule has 2 heterocycles. The van der Waals surface area contributed by atoms with Gasteiger partial charge in [-0.2, -0.15) is 0 Å². The van der Waals surface area contributed by atoms with Crippen LogP contribution in [0.15, 0.2) is 102 Å². The topological polar surface area (TPSA) is 130 Å². The van der Waals surface area contributed by atoms with Gasteiger partial charge < -0.3 is 30.8 Å². The van der Waals surface area contributed by atoms with E-state index in [0.717, 1.165) is 41.2 Å². The molecule has 240 valence electrons. The van der Waals surface area contributed by atoms with Crippen LogP contribution in [0.25, 0.3) is 11.3 Å². The molecule has 5 rings (SSSR count). The maximum Gasteiger partial charge on any atom is 0.251 e. The van der Waals surface area contributed by atoms with Gasteiger partial charge in [0.1, 0.15) is 0 Å². The smallest absolute Gasteiger partial charge is 0.251 e. The van der Waals surface area contributed by atoms with E-state index in [1.807, 2.05) is 72.5 Å². The van der Waals surface area contributed by atoms with E-state index in [1.165, 1.54) is 16.2 Å². The molecule has 0 bridgehead atoms. The van der Waals surface area contributed by atoms with Gasteiger partial charge in [0, 0.05) is 51.9 Å². The lowest BCUT2D eigenvalue weighted by Gasteiger charge is -2.28. The van der Waals surface area contributed by atoms with Gasteiger partial charge >= 0.3 is 0 Å². The van der Waals surface area contributed by atoms with Gasteiger partial charge in [-0.1, -0.05) is 53.1 Å². The van der Waals surface area contributed by atoms with E-state index in [-0.39, 0.29) is 22.1 Å². The number of rotatable bonds is 14. The predicted octanol–water partition coefficient (Wildman–Crippen LogP) is 6.49. The average molecular weight is 656 g/mol. The lowest BCUT2D eigenvalue weighted by molar-refractivity contribution is 0.0950. The van der Waals surface area contributed by atoms with Gasteiger partial charge in [0.25, 0.3) is 5.91 Å². The average Bonchev–Trinajstić information content (AvgIpc) is 3.73. The normalized spacial score (nSPS) is 13.0. The summed E-state index contributed by atoms with van der Waals surface area (Å²) in [6.45, 7) is 7.88. The van der Waals surface area contributed by atoms with E-state index < -0.39 is 6.10 Å². The second kappa shape index (κ2) is 15.3. The summed E-state index contributed by atoms with van der Waals surface area (Å²) >= 11 is 1.35. The van der Waals surface area contributed by atoms with Gasteiger partial charge in [0.2, 0.25) is 0 Å². The number of aryl methyl sites for hydroxylation is 1. The number of aliphatic hydroxyl groups excluding tert-OH is 1. The Kier molecular flexibility index (Phi) is 11.0. The molecule has 0 spiro atoms. The third-order valence-corrected chi connectivity index (χ3v) is 10.0. The monoisotopic (exact) mass is 655 g/mol. The van der Waals surface area contributed by atoms with Crippen LogP contribution in [-0.4, -0.2) is 43.0 Å². The molecule has 0 aliphatic carbocycles. The molecule has 1 unspecified atom stereocenters. The lowest BCUT2D eigenvalue weighted by atomic mass is 9.99. The van der Waals surface area contributed by atoms with Gasteiger partial charge in [-0.25, -0.2) is 9.97 Å². The van der Waals surface area contributed by atoms with Crippen molar-refractivity contribution in [2.75, 3.05) is 17.0 Å². The van der Waals surface area contributed by atoms with Crippen molar-refractivity contribution in [3.8, 4) is 11.3 Å². The number of carbonyl (C=O) groups excluding carboxylic acids is 1. The number of hydrogen-bond donors (Lipinski definition) is 5. The van der Waals surface area contributed by atoms with Crippen molar-refractivity contribution in [2.24, 2.45) is 0 Å². The maximum absolute atomic E-state index is 12.5. The molecule has 2 atom stereocenters. The molecule has 1 amide bonds. The Balaban J connectivity index is 1.10. The number of imidazole rings is 1. The summed E-state index contributed by atoms with van der Waals surface area (Å²) in [5.41, 5.74) is 10.4. The summed E-state index contributed by atoms with van der Waals surface area (Å²) < 4.78 is 5.66. The first-order chi connectivity index (χ1) is 22.2. The summed E-state index contributed by atoms with van der Waals surface area (Å²) in [7, 11) is -0.227. The molecule has 0 saturated heterocycles. The fourth-order valence-electron chi connectivity index (χ4n) is 4.85. The minimum absolute atomic E-state index is 0.167. The molecule has 46 heavy (non-hydrogen) atoms. The minimum Gasteiger partial charge on any atom is -0.387 e. The summed E-state index contributed by atoms with van der Waals surface area (Å²) in [6, 6.07) is 25.8. The van der Waals surface area contributed by atoms with E-state index in [4.69, 9.17) is 5.73 Å². The lowest BCUT2D eigenvalue weighted by Crippen LogP contribution is -2.42. The van der Waals surface area contributed by atoms with E-state index in [9.17, 15) is 9.90 Å². The van der Waals surface area contributed by atoms with Crippen molar-refractivity contribution >= 4 is 44.1 Å². The molecule has 9 nitrogen and oxygen atoms in total. The first kappa shape index (κ1) is 33.1. The second-order valence-electron chi connectivity index (χ2n) is 11.6. The predicted molar refractivity (Wildman–Crippen MR) is 191 cm³/mol. The minimum atomic E-state index is -0.638. The van der Waals surface area contributed by atoms with Gasteiger partial charge in [-0.05, 0) is 74.5 Å². The van der Waals surface area contributed by atoms with Crippen LogP contribution in [0, 0.1) is 0 Å². The first-order valence-corrected chi connectivity index (χ1v) is 17.3. The third-order valence-electron chi connectivity index (χ3n) is 7.58. The van der Waals surface area contributed by atoms with Crippen LogP contribution in [0.1, 0.15) is 54.9 Å². The van der Waals surface area contributed by atoms with Crippen LogP contribution < -0.4 is 21.1 Å². The Hall–Kier alpha value is -4.29. The number of benzene rings is 3. The SMILES string of the molecule is C/C=S(/Nc1cccc([C@@H](O)CNC(C)(C)CCn2cnc(-c3ccc(C(=O)NCc4csc(N)n4)cc3)c2)c1)c1ccccc1. The van der Waals surface area contributed by atoms with Crippen LogP contribution in [0.2, 0.25) is 0 Å². The number of aliphatic hydroxyl groups is 1. The molecule has 6 N–H and O–H groups in total. The zero-order valence-electron chi connectivity index (χ0n) is 26.3. The number of nitrogens with one attached hydrogen (secondary N) is 3. The van der Waals surface area contributed by atoms with Crippen molar-refractivity contribution in [3.63, 3.8) is 0 Å². The Morgan fingerprint density at radius 1 is 1.11 bits per heavy atom. The fraction of sp³-hybridized carbons (Fsp3) is 0.257. The molecule has 0 aliphatic rings. The molecule has 0 saturated carbocycles. The summed E-state index contributed by atoms with van der Waals surface area (Å²) in [6.07, 6.45) is 4.05. The Bertz CT molecular complexity index is 1770. The molecule has 0 radical (unpaired) electrons. The van der Waals surface area contributed by atoms with Crippen LogP contribution >= 0.6 is 22.0 Å².